The number of aromatic nitrogens is 3. The summed E-state index contributed by atoms with van der Waals surface area (Å²) < 4.78 is 26.6. The first-order valence-corrected chi connectivity index (χ1v) is 7.78. The Morgan fingerprint density at radius 3 is 2.80 bits per heavy atom. The van der Waals surface area contributed by atoms with Crippen molar-refractivity contribution in [3.63, 3.8) is 0 Å². The number of rotatable bonds is 3. The first-order chi connectivity index (χ1) is 9.51. The number of benzene rings is 1. The summed E-state index contributed by atoms with van der Waals surface area (Å²) >= 11 is 0. The fraction of sp³-hybridized carbons (Fsp3) is 0.0769. The molecule has 0 bridgehead atoms. The van der Waals surface area contributed by atoms with Crippen LogP contribution in [0.3, 0.4) is 0 Å². The lowest BCUT2D eigenvalue weighted by atomic mass is 10.1. The molecule has 0 saturated heterocycles. The van der Waals surface area contributed by atoms with Gasteiger partial charge in [-0.2, -0.15) is 5.10 Å². The van der Waals surface area contributed by atoms with Crippen molar-refractivity contribution in [3.05, 3.63) is 48.9 Å². The van der Waals surface area contributed by atoms with E-state index in [4.69, 9.17) is 0 Å². The Morgan fingerprint density at radius 1 is 1.15 bits per heavy atom. The molecule has 3 rings (SSSR count). The summed E-state index contributed by atoms with van der Waals surface area (Å²) in [5.41, 5.74) is 3.12. The summed E-state index contributed by atoms with van der Waals surface area (Å²) in [5, 5.41) is 4.08. The molecule has 1 N–H and O–H groups in total. The minimum Gasteiger partial charge on any atom is -0.284 e. The highest BCUT2D eigenvalue weighted by Crippen LogP contribution is 2.23. The summed E-state index contributed by atoms with van der Waals surface area (Å²) in [5.74, 6) is 0. The summed E-state index contributed by atoms with van der Waals surface area (Å²) in [7, 11) is -3.28. The second-order valence-corrected chi connectivity index (χ2v) is 6.18. The van der Waals surface area contributed by atoms with E-state index < -0.39 is 10.0 Å². The number of hydrogen-bond donors (Lipinski definition) is 1. The minimum atomic E-state index is -3.28. The van der Waals surface area contributed by atoms with Crippen molar-refractivity contribution in [1.29, 1.82) is 0 Å². The molecule has 0 spiro atoms. The van der Waals surface area contributed by atoms with Gasteiger partial charge in [0, 0.05) is 17.4 Å². The van der Waals surface area contributed by atoms with Gasteiger partial charge in [-0.05, 0) is 29.8 Å². The normalized spacial score (nSPS) is 11.7. The lowest BCUT2D eigenvalue weighted by Crippen LogP contribution is -2.09. The molecule has 2 aromatic heterocycles. The van der Waals surface area contributed by atoms with E-state index >= 15 is 0 Å². The summed E-state index contributed by atoms with van der Waals surface area (Å²) in [6.45, 7) is 0. The predicted octanol–water partition coefficient (Wildman–Crippen LogP) is 1.77. The molecule has 7 heteroatoms. The smallest absolute Gasteiger partial charge is 0.229 e. The first kappa shape index (κ1) is 12.6. The maximum Gasteiger partial charge on any atom is 0.229 e. The quantitative estimate of drug-likeness (QED) is 0.797. The number of hydrogen-bond acceptors (Lipinski definition) is 4. The molecule has 20 heavy (non-hydrogen) atoms. The Labute approximate surface area is 116 Å². The molecule has 0 aliphatic carbocycles. The van der Waals surface area contributed by atoms with Gasteiger partial charge in [-0.15, -0.1) is 0 Å². The van der Waals surface area contributed by atoms with Crippen LogP contribution in [0.2, 0.25) is 0 Å². The van der Waals surface area contributed by atoms with Gasteiger partial charge < -0.3 is 0 Å². The van der Waals surface area contributed by atoms with Crippen molar-refractivity contribution in [2.45, 2.75) is 0 Å². The zero-order valence-electron chi connectivity index (χ0n) is 10.7. The predicted molar refractivity (Wildman–Crippen MR) is 76.9 cm³/mol. The fourth-order valence-electron chi connectivity index (χ4n) is 1.96. The average molecular weight is 288 g/mol. The highest BCUT2D eigenvalue weighted by Gasteiger charge is 2.05. The third kappa shape index (κ3) is 2.62. The van der Waals surface area contributed by atoms with Crippen LogP contribution >= 0.6 is 0 Å². The molecule has 6 nitrogen and oxygen atoms in total. The monoisotopic (exact) mass is 288 g/mol. The van der Waals surface area contributed by atoms with Crippen LogP contribution in [0.5, 0.6) is 0 Å². The van der Waals surface area contributed by atoms with Crippen molar-refractivity contribution in [2.75, 3.05) is 11.0 Å². The molecule has 0 aliphatic rings. The molecule has 1 aromatic carbocycles. The fourth-order valence-corrected chi connectivity index (χ4v) is 2.52. The molecule has 0 saturated carbocycles. The molecular weight excluding hydrogens is 276 g/mol. The third-order valence-electron chi connectivity index (χ3n) is 2.77. The van der Waals surface area contributed by atoms with Crippen LogP contribution in [-0.4, -0.2) is 29.3 Å². The lowest BCUT2D eigenvalue weighted by molar-refractivity contribution is 0.607. The van der Waals surface area contributed by atoms with E-state index in [2.05, 4.69) is 14.8 Å². The zero-order chi connectivity index (χ0) is 14.2. The van der Waals surface area contributed by atoms with Crippen molar-refractivity contribution in [3.8, 4) is 11.1 Å². The molecule has 0 radical (unpaired) electrons. The summed E-state index contributed by atoms with van der Waals surface area (Å²) in [6, 6.07) is 11.0. The van der Waals surface area contributed by atoms with Gasteiger partial charge in [0.15, 0.2) is 5.65 Å². The SMILES string of the molecule is CS(=O)(=O)Nc1cccc(-c2ccc3ncnn3c2)c1. The topological polar surface area (TPSA) is 76.4 Å². The van der Waals surface area contributed by atoms with Crippen molar-refractivity contribution >= 4 is 21.4 Å². The Bertz CT molecular complexity index is 871. The maximum absolute atomic E-state index is 11.3. The highest BCUT2D eigenvalue weighted by molar-refractivity contribution is 7.92. The van der Waals surface area contributed by atoms with Crippen molar-refractivity contribution in [1.82, 2.24) is 14.6 Å². The number of nitrogens with zero attached hydrogens (tertiary/aromatic N) is 3. The van der Waals surface area contributed by atoms with E-state index in [-0.39, 0.29) is 0 Å². The zero-order valence-corrected chi connectivity index (χ0v) is 11.5. The molecule has 0 aliphatic heterocycles. The maximum atomic E-state index is 11.3. The second-order valence-electron chi connectivity index (χ2n) is 4.44. The van der Waals surface area contributed by atoms with Gasteiger partial charge in [0.25, 0.3) is 0 Å². The van der Waals surface area contributed by atoms with Crippen LogP contribution in [0.1, 0.15) is 0 Å². The summed E-state index contributed by atoms with van der Waals surface area (Å²) in [6.07, 6.45) is 4.46. The van der Waals surface area contributed by atoms with Gasteiger partial charge >= 0.3 is 0 Å². The largest absolute Gasteiger partial charge is 0.284 e. The number of sulfonamides is 1. The van der Waals surface area contributed by atoms with Gasteiger partial charge in [-0.1, -0.05) is 12.1 Å². The molecule has 0 fully saturated rings. The van der Waals surface area contributed by atoms with Gasteiger partial charge in [-0.3, -0.25) is 4.72 Å². The standard InChI is InChI=1S/C13H12N4O2S/c1-20(18,19)16-12-4-2-3-10(7-12)11-5-6-13-14-9-15-17(13)8-11/h2-9,16H,1H3. The lowest BCUT2D eigenvalue weighted by Gasteiger charge is -2.07. The average Bonchev–Trinajstić information content (AvgIpc) is 2.84. The van der Waals surface area contributed by atoms with E-state index in [0.29, 0.717) is 5.69 Å². The van der Waals surface area contributed by atoms with E-state index in [1.165, 1.54) is 6.33 Å². The van der Waals surface area contributed by atoms with Gasteiger partial charge in [0.2, 0.25) is 10.0 Å². The Hall–Kier alpha value is -2.41. The van der Waals surface area contributed by atoms with Crippen LogP contribution in [0.25, 0.3) is 16.8 Å². The molecule has 0 atom stereocenters. The van der Waals surface area contributed by atoms with Crippen molar-refractivity contribution < 1.29 is 8.42 Å². The molecule has 0 unspecified atom stereocenters. The number of anilines is 1. The van der Waals surface area contributed by atoms with Gasteiger partial charge in [-0.25, -0.2) is 17.9 Å². The van der Waals surface area contributed by atoms with Gasteiger partial charge in [0.05, 0.1) is 6.26 Å². The number of pyridine rings is 1. The summed E-state index contributed by atoms with van der Waals surface area (Å²) in [4.78, 5) is 4.08. The molecule has 2 heterocycles. The van der Waals surface area contributed by atoms with Crippen LogP contribution in [0.15, 0.2) is 48.9 Å². The molecule has 102 valence electrons. The van der Waals surface area contributed by atoms with Crippen LogP contribution in [0.4, 0.5) is 5.69 Å². The minimum absolute atomic E-state index is 0.531. The number of fused-ring (bicyclic) bond motifs is 1. The Kier molecular flexibility index (Phi) is 2.90. The van der Waals surface area contributed by atoms with E-state index in [0.717, 1.165) is 23.0 Å². The van der Waals surface area contributed by atoms with Gasteiger partial charge in [0.1, 0.15) is 6.33 Å². The van der Waals surface area contributed by atoms with E-state index in [1.54, 1.807) is 22.7 Å². The molecule has 0 amide bonds. The Balaban J connectivity index is 2.03. The van der Waals surface area contributed by atoms with E-state index in [9.17, 15) is 8.42 Å². The molecular formula is C13H12N4O2S. The van der Waals surface area contributed by atoms with E-state index in [1.807, 2.05) is 24.4 Å². The Morgan fingerprint density at radius 2 is 2.00 bits per heavy atom. The first-order valence-electron chi connectivity index (χ1n) is 5.89. The molecule has 3 aromatic rings. The van der Waals surface area contributed by atoms with Crippen molar-refractivity contribution in [2.24, 2.45) is 0 Å². The second kappa shape index (κ2) is 4.61. The van der Waals surface area contributed by atoms with Crippen LogP contribution in [0, 0.1) is 0 Å². The third-order valence-corrected chi connectivity index (χ3v) is 3.38. The van der Waals surface area contributed by atoms with Crippen LogP contribution in [-0.2, 0) is 10.0 Å². The van der Waals surface area contributed by atoms with Crippen LogP contribution < -0.4 is 4.72 Å². The number of nitrogens with one attached hydrogen (secondary N) is 1. The highest BCUT2D eigenvalue weighted by atomic mass is 32.2.